The molecule has 0 amide bonds. The second-order valence-electron chi connectivity index (χ2n) is 3.66. The maximum atomic E-state index is 12.6. The van der Waals surface area contributed by atoms with E-state index in [1.807, 2.05) is 13.0 Å². The van der Waals surface area contributed by atoms with Gasteiger partial charge in [-0.15, -0.1) is 0 Å². The fraction of sp³-hybridized carbons (Fsp3) is 0.250. The molecule has 0 saturated carbocycles. The third kappa shape index (κ3) is 2.90. The molecule has 1 aromatic carbocycles. The quantitative estimate of drug-likeness (QED) is 0.859. The smallest absolute Gasteiger partial charge is 0.133 e. The second kappa shape index (κ2) is 4.90. The highest BCUT2D eigenvalue weighted by atomic mass is 19.1. The van der Waals surface area contributed by atoms with E-state index >= 15 is 0 Å². The first-order chi connectivity index (χ1) is 7.74. The molecule has 0 fully saturated rings. The highest BCUT2D eigenvalue weighted by Gasteiger charge is 1.99. The maximum Gasteiger partial charge on any atom is 0.133 e. The normalized spacial score (nSPS) is 10.6. The van der Waals surface area contributed by atoms with Gasteiger partial charge >= 0.3 is 0 Å². The molecule has 1 N–H and O–H groups in total. The molecule has 0 aliphatic carbocycles. The third-order valence-corrected chi connectivity index (χ3v) is 2.23. The summed E-state index contributed by atoms with van der Waals surface area (Å²) in [4.78, 5) is 0. The van der Waals surface area contributed by atoms with E-state index < -0.39 is 0 Å². The van der Waals surface area contributed by atoms with E-state index in [9.17, 15) is 4.39 Å². The summed E-state index contributed by atoms with van der Waals surface area (Å²) < 4.78 is 17.6. The van der Waals surface area contributed by atoms with Crippen molar-refractivity contribution in [3.63, 3.8) is 0 Å². The lowest BCUT2D eigenvalue weighted by atomic mass is 10.2. The minimum absolute atomic E-state index is 0.212. The number of hydrogen-bond donors (Lipinski definition) is 1. The van der Waals surface area contributed by atoms with E-state index in [1.165, 1.54) is 12.1 Å². The molecule has 0 saturated heterocycles. The summed E-state index contributed by atoms with van der Waals surface area (Å²) in [6, 6.07) is 8.32. The number of rotatable bonds is 4. The Labute approximate surface area is 93.3 Å². The van der Waals surface area contributed by atoms with Gasteiger partial charge in [0.05, 0.1) is 5.69 Å². The fourth-order valence-corrected chi connectivity index (χ4v) is 1.44. The monoisotopic (exact) mass is 220 g/mol. The summed E-state index contributed by atoms with van der Waals surface area (Å²) in [6.07, 6.45) is 0. The van der Waals surface area contributed by atoms with Gasteiger partial charge in [-0.2, -0.15) is 0 Å². The summed E-state index contributed by atoms with van der Waals surface area (Å²) in [5.74, 6) is 0.592. The Balaban J connectivity index is 1.82. The maximum absolute atomic E-state index is 12.6. The predicted molar refractivity (Wildman–Crippen MR) is 58.2 cm³/mol. The van der Waals surface area contributed by atoms with Crippen molar-refractivity contribution in [3.05, 3.63) is 53.2 Å². The fourth-order valence-electron chi connectivity index (χ4n) is 1.44. The van der Waals surface area contributed by atoms with E-state index in [4.69, 9.17) is 4.52 Å². The minimum Gasteiger partial charge on any atom is -0.361 e. The molecule has 0 aliphatic heterocycles. The molecular formula is C12H13FN2O. The van der Waals surface area contributed by atoms with Gasteiger partial charge in [0.25, 0.3) is 0 Å². The van der Waals surface area contributed by atoms with Crippen LogP contribution in [0.2, 0.25) is 0 Å². The van der Waals surface area contributed by atoms with Crippen molar-refractivity contribution in [3.8, 4) is 0 Å². The largest absolute Gasteiger partial charge is 0.361 e. The van der Waals surface area contributed by atoms with Crippen LogP contribution in [0.4, 0.5) is 4.39 Å². The van der Waals surface area contributed by atoms with Crippen molar-refractivity contribution in [1.82, 2.24) is 10.5 Å². The standard InChI is InChI=1S/C12H13FN2O/c1-9-6-12(15-16-9)8-14-7-10-2-4-11(13)5-3-10/h2-6,14H,7-8H2,1H3. The summed E-state index contributed by atoms with van der Waals surface area (Å²) in [5.41, 5.74) is 1.92. The van der Waals surface area contributed by atoms with E-state index in [0.717, 1.165) is 17.0 Å². The molecule has 0 aliphatic rings. The summed E-state index contributed by atoms with van der Waals surface area (Å²) in [7, 11) is 0. The first-order valence-electron chi connectivity index (χ1n) is 5.11. The molecular weight excluding hydrogens is 207 g/mol. The lowest BCUT2D eigenvalue weighted by molar-refractivity contribution is 0.388. The topological polar surface area (TPSA) is 38.1 Å². The molecule has 1 aromatic heterocycles. The summed E-state index contributed by atoms with van der Waals surface area (Å²) in [5, 5.41) is 7.07. The summed E-state index contributed by atoms with van der Waals surface area (Å²) >= 11 is 0. The predicted octanol–water partition coefficient (Wildman–Crippen LogP) is 2.41. The molecule has 2 rings (SSSR count). The molecule has 3 nitrogen and oxygen atoms in total. The Morgan fingerprint density at radius 3 is 2.62 bits per heavy atom. The van der Waals surface area contributed by atoms with Crippen molar-refractivity contribution >= 4 is 0 Å². The first-order valence-corrected chi connectivity index (χ1v) is 5.11. The van der Waals surface area contributed by atoms with Gasteiger partial charge in [0.15, 0.2) is 0 Å². The van der Waals surface area contributed by atoms with Gasteiger partial charge in [-0.1, -0.05) is 17.3 Å². The van der Waals surface area contributed by atoms with Crippen molar-refractivity contribution in [2.24, 2.45) is 0 Å². The molecule has 0 radical (unpaired) electrons. The van der Waals surface area contributed by atoms with Crippen molar-refractivity contribution < 1.29 is 8.91 Å². The second-order valence-corrected chi connectivity index (χ2v) is 3.66. The molecule has 4 heteroatoms. The van der Waals surface area contributed by atoms with Crippen LogP contribution < -0.4 is 5.32 Å². The number of aromatic nitrogens is 1. The minimum atomic E-state index is -0.212. The zero-order valence-corrected chi connectivity index (χ0v) is 9.03. The SMILES string of the molecule is Cc1cc(CNCc2ccc(F)cc2)no1. The molecule has 2 aromatic rings. The van der Waals surface area contributed by atoms with Gasteiger partial charge in [-0.25, -0.2) is 4.39 Å². The van der Waals surface area contributed by atoms with Crippen LogP contribution in [0.3, 0.4) is 0 Å². The molecule has 84 valence electrons. The lowest BCUT2D eigenvalue weighted by Crippen LogP contribution is -2.12. The molecule has 0 atom stereocenters. The average Bonchev–Trinajstić information content (AvgIpc) is 2.67. The van der Waals surface area contributed by atoms with Gasteiger partial charge in [0, 0.05) is 19.2 Å². The van der Waals surface area contributed by atoms with Crippen LogP contribution in [0, 0.1) is 12.7 Å². The van der Waals surface area contributed by atoms with Crippen LogP contribution in [0.25, 0.3) is 0 Å². The van der Waals surface area contributed by atoms with E-state index in [1.54, 1.807) is 12.1 Å². The molecule has 0 bridgehead atoms. The highest BCUT2D eigenvalue weighted by molar-refractivity contribution is 5.15. The molecule has 0 spiro atoms. The number of nitrogens with zero attached hydrogens (tertiary/aromatic N) is 1. The van der Waals surface area contributed by atoms with E-state index in [0.29, 0.717) is 13.1 Å². The van der Waals surface area contributed by atoms with Gasteiger partial charge in [-0.05, 0) is 24.6 Å². The highest BCUT2D eigenvalue weighted by Crippen LogP contribution is 2.04. The van der Waals surface area contributed by atoms with Crippen molar-refractivity contribution in [2.45, 2.75) is 20.0 Å². The van der Waals surface area contributed by atoms with Crippen LogP contribution >= 0.6 is 0 Å². The zero-order chi connectivity index (χ0) is 11.4. The Bertz CT molecular complexity index is 450. The average molecular weight is 220 g/mol. The molecule has 1 heterocycles. The Kier molecular flexibility index (Phi) is 3.31. The number of halogens is 1. The van der Waals surface area contributed by atoms with Crippen LogP contribution in [0.15, 0.2) is 34.9 Å². The van der Waals surface area contributed by atoms with Crippen LogP contribution in [-0.2, 0) is 13.1 Å². The van der Waals surface area contributed by atoms with E-state index in [2.05, 4.69) is 10.5 Å². The first kappa shape index (κ1) is 10.8. The van der Waals surface area contributed by atoms with Gasteiger partial charge in [0.2, 0.25) is 0 Å². The number of hydrogen-bond acceptors (Lipinski definition) is 3. The Morgan fingerprint density at radius 1 is 1.25 bits per heavy atom. The van der Waals surface area contributed by atoms with Gasteiger partial charge < -0.3 is 9.84 Å². The zero-order valence-electron chi connectivity index (χ0n) is 9.03. The third-order valence-electron chi connectivity index (χ3n) is 2.23. The van der Waals surface area contributed by atoms with Crippen LogP contribution in [0.5, 0.6) is 0 Å². The van der Waals surface area contributed by atoms with Gasteiger partial charge in [0.1, 0.15) is 11.6 Å². The van der Waals surface area contributed by atoms with Crippen LogP contribution in [-0.4, -0.2) is 5.16 Å². The molecule has 16 heavy (non-hydrogen) atoms. The van der Waals surface area contributed by atoms with E-state index in [-0.39, 0.29) is 5.82 Å². The number of benzene rings is 1. The van der Waals surface area contributed by atoms with Crippen LogP contribution in [0.1, 0.15) is 17.0 Å². The Morgan fingerprint density at radius 2 is 2.00 bits per heavy atom. The lowest BCUT2D eigenvalue weighted by Gasteiger charge is -2.02. The Hall–Kier alpha value is -1.68. The number of aryl methyl sites for hydroxylation is 1. The summed E-state index contributed by atoms with van der Waals surface area (Å²) in [6.45, 7) is 3.19. The molecule has 0 unspecified atom stereocenters. The van der Waals surface area contributed by atoms with Crippen molar-refractivity contribution in [1.29, 1.82) is 0 Å². The number of nitrogens with one attached hydrogen (secondary N) is 1. The van der Waals surface area contributed by atoms with Crippen molar-refractivity contribution in [2.75, 3.05) is 0 Å². The van der Waals surface area contributed by atoms with Gasteiger partial charge in [-0.3, -0.25) is 0 Å².